The van der Waals surface area contributed by atoms with Gasteiger partial charge in [-0.1, -0.05) is 13.8 Å². The lowest BCUT2D eigenvalue weighted by molar-refractivity contribution is -0.126. The highest BCUT2D eigenvalue weighted by atomic mass is 35.5. The van der Waals surface area contributed by atoms with Crippen molar-refractivity contribution in [2.24, 2.45) is 0 Å². The monoisotopic (exact) mass is 523 g/mol. The second-order valence-electron chi connectivity index (χ2n) is 8.94. The Morgan fingerprint density at radius 2 is 1.81 bits per heavy atom. The molecule has 4 heterocycles. The van der Waals surface area contributed by atoms with Gasteiger partial charge in [0.2, 0.25) is 0 Å². The molecule has 11 heteroatoms. The van der Waals surface area contributed by atoms with Crippen LogP contribution in [0.4, 0.5) is 15.9 Å². The predicted molar refractivity (Wildman–Crippen MR) is 142 cm³/mol. The number of aromatic amines is 1. The van der Waals surface area contributed by atoms with Crippen molar-refractivity contribution in [3.8, 4) is 11.4 Å². The van der Waals surface area contributed by atoms with Gasteiger partial charge in [-0.05, 0) is 36.2 Å². The number of aromatic nitrogens is 4. The molecule has 5 rings (SSSR count). The number of rotatable bonds is 6. The van der Waals surface area contributed by atoms with Crippen LogP contribution in [0.1, 0.15) is 35.7 Å². The van der Waals surface area contributed by atoms with Crippen molar-refractivity contribution in [2.45, 2.75) is 19.8 Å². The Kier molecular flexibility index (Phi) is 7.80. The maximum atomic E-state index is 13.4. The van der Waals surface area contributed by atoms with Gasteiger partial charge < -0.3 is 20.5 Å². The molecule has 3 aromatic heterocycles. The first-order valence-corrected chi connectivity index (χ1v) is 11.8. The summed E-state index contributed by atoms with van der Waals surface area (Å²) in [5.41, 5.74) is 2.86. The van der Waals surface area contributed by atoms with E-state index in [1.54, 1.807) is 35.5 Å². The fourth-order valence-electron chi connectivity index (χ4n) is 4.25. The Bertz CT molecular complexity index is 1430. The van der Waals surface area contributed by atoms with E-state index < -0.39 is 11.7 Å². The Hall–Kier alpha value is -3.89. The molecule has 1 aromatic carbocycles. The summed E-state index contributed by atoms with van der Waals surface area (Å²) in [6, 6.07) is 7.72. The molecule has 1 amide bonds. The number of carbonyl (C=O) groups is 2. The number of ketones is 1. The molecule has 0 aliphatic carbocycles. The molecular formula is C26H27ClFN7O2. The third-order valence-corrected chi connectivity index (χ3v) is 6.21. The summed E-state index contributed by atoms with van der Waals surface area (Å²) >= 11 is 0. The number of carbonyl (C=O) groups excluding carboxylic acids is 2. The van der Waals surface area contributed by atoms with Crippen molar-refractivity contribution in [1.82, 2.24) is 30.2 Å². The molecule has 0 bridgehead atoms. The zero-order chi connectivity index (χ0) is 25.2. The maximum absolute atomic E-state index is 13.4. The number of hydrogen-bond acceptors (Lipinski definition) is 7. The normalized spacial score (nSPS) is 13.5. The molecule has 0 radical (unpaired) electrons. The Labute approximate surface area is 219 Å². The van der Waals surface area contributed by atoms with Crippen LogP contribution in [-0.2, 0) is 4.79 Å². The molecule has 1 aliphatic heterocycles. The number of halogens is 2. The van der Waals surface area contributed by atoms with Crippen LogP contribution in [0.25, 0.3) is 22.4 Å². The van der Waals surface area contributed by atoms with E-state index in [0.29, 0.717) is 60.1 Å². The van der Waals surface area contributed by atoms with Crippen LogP contribution in [0, 0.1) is 5.82 Å². The highest BCUT2D eigenvalue weighted by molar-refractivity contribution is 6.45. The van der Waals surface area contributed by atoms with Gasteiger partial charge in [0.05, 0.1) is 16.6 Å². The standard InChI is InChI=1S/C26H26FN7O2.ClH/c1-15(2)18-13-30-23(16-3-5-17(27)6-4-16)33-24(18)32-20-7-8-29-25-21(20)19(14-31-25)22(35)26(36)34-11-9-28-10-12-34;/h3-8,13-15,28H,9-12H2,1-2H3,(H2,29,30,31,32,33);1H. The third kappa shape index (κ3) is 5.30. The average Bonchev–Trinajstić information content (AvgIpc) is 3.34. The van der Waals surface area contributed by atoms with Crippen molar-refractivity contribution in [1.29, 1.82) is 0 Å². The fraction of sp³-hybridized carbons (Fsp3) is 0.269. The van der Waals surface area contributed by atoms with Crippen LogP contribution >= 0.6 is 12.4 Å². The summed E-state index contributed by atoms with van der Waals surface area (Å²) < 4.78 is 13.4. The molecule has 0 saturated carbocycles. The summed E-state index contributed by atoms with van der Waals surface area (Å²) in [7, 11) is 0. The fourth-order valence-corrected chi connectivity index (χ4v) is 4.25. The van der Waals surface area contributed by atoms with Crippen molar-refractivity contribution >= 4 is 46.6 Å². The quantitative estimate of drug-likeness (QED) is 0.258. The number of anilines is 2. The summed E-state index contributed by atoms with van der Waals surface area (Å²) in [6.45, 7) is 6.34. The summed E-state index contributed by atoms with van der Waals surface area (Å²) in [5.74, 6) is -0.358. The second-order valence-corrected chi connectivity index (χ2v) is 8.94. The number of fused-ring (bicyclic) bond motifs is 1. The molecule has 3 N–H and O–H groups in total. The third-order valence-electron chi connectivity index (χ3n) is 6.21. The number of Topliss-reactive ketones (excluding diaryl/α,β-unsaturated/α-hetero) is 1. The van der Waals surface area contributed by atoms with Crippen molar-refractivity contribution in [3.05, 3.63) is 65.9 Å². The van der Waals surface area contributed by atoms with Gasteiger partial charge in [-0.2, -0.15) is 0 Å². The predicted octanol–water partition coefficient (Wildman–Crippen LogP) is 4.06. The minimum Gasteiger partial charge on any atom is -0.345 e. The van der Waals surface area contributed by atoms with Gasteiger partial charge >= 0.3 is 0 Å². The average molecular weight is 524 g/mol. The zero-order valence-electron chi connectivity index (χ0n) is 20.4. The number of pyridine rings is 1. The summed E-state index contributed by atoms with van der Waals surface area (Å²) in [4.78, 5) is 44.3. The molecule has 192 valence electrons. The van der Waals surface area contributed by atoms with Crippen molar-refractivity contribution < 1.29 is 14.0 Å². The second kappa shape index (κ2) is 11.0. The lowest BCUT2D eigenvalue weighted by atomic mass is 10.0. The Balaban J connectivity index is 0.00000320. The largest absolute Gasteiger partial charge is 0.345 e. The number of benzene rings is 1. The highest BCUT2D eigenvalue weighted by Crippen LogP contribution is 2.32. The van der Waals surface area contributed by atoms with E-state index in [1.807, 2.05) is 13.8 Å². The van der Waals surface area contributed by atoms with Crippen LogP contribution in [0.5, 0.6) is 0 Å². The minimum absolute atomic E-state index is 0. The van der Waals surface area contributed by atoms with Crippen LogP contribution in [-0.4, -0.2) is 62.7 Å². The van der Waals surface area contributed by atoms with Crippen molar-refractivity contribution in [3.63, 3.8) is 0 Å². The van der Waals surface area contributed by atoms with Crippen LogP contribution in [0.2, 0.25) is 0 Å². The van der Waals surface area contributed by atoms with E-state index in [-0.39, 0.29) is 29.7 Å². The van der Waals surface area contributed by atoms with Gasteiger partial charge in [0.25, 0.3) is 11.7 Å². The number of nitrogens with one attached hydrogen (secondary N) is 3. The Morgan fingerprint density at radius 3 is 2.51 bits per heavy atom. The van der Waals surface area contributed by atoms with Gasteiger partial charge in [0.15, 0.2) is 5.82 Å². The van der Waals surface area contributed by atoms with Gasteiger partial charge in [0, 0.05) is 55.9 Å². The molecule has 1 fully saturated rings. The number of hydrogen-bond donors (Lipinski definition) is 3. The number of piperazine rings is 1. The lowest BCUT2D eigenvalue weighted by Crippen LogP contribution is -2.48. The first-order valence-electron chi connectivity index (χ1n) is 11.8. The minimum atomic E-state index is -0.585. The van der Waals surface area contributed by atoms with E-state index >= 15 is 0 Å². The molecule has 0 unspecified atom stereocenters. The zero-order valence-corrected chi connectivity index (χ0v) is 21.2. The maximum Gasteiger partial charge on any atom is 0.295 e. The molecule has 0 atom stereocenters. The number of amides is 1. The molecular weight excluding hydrogens is 497 g/mol. The summed E-state index contributed by atoms with van der Waals surface area (Å²) in [5, 5.41) is 7.04. The smallest absolute Gasteiger partial charge is 0.295 e. The van der Waals surface area contributed by atoms with Gasteiger partial charge in [-0.25, -0.2) is 19.3 Å². The van der Waals surface area contributed by atoms with E-state index in [9.17, 15) is 14.0 Å². The molecule has 1 aliphatic rings. The van der Waals surface area contributed by atoms with Gasteiger partial charge in [-0.15, -0.1) is 12.4 Å². The molecule has 0 spiro atoms. The Morgan fingerprint density at radius 1 is 1.08 bits per heavy atom. The molecule has 1 saturated heterocycles. The van der Waals surface area contributed by atoms with E-state index in [0.717, 1.165) is 5.56 Å². The first kappa shape index (κ1) is 26.2. The molecule has 9 nitrogen and oxygen atoms in total. The van der Waals surface area contributed by atoms with Gasteiger partial charge in [-0.3, -0.25) is 9.59 Å². The number of nitrogens with zero attached hydrogens (tertiary/aromatic N) is 4. The van der Waals surface area contributed by atoms with Crippen LogP contribution in [0.15, 0.2) is 48.9 Å². The van der Waals surface area contributed by atoms with Crippen molar-refractivity contribution in [2.75, 3.05) is 31.5 Å². The van der Waals surface area contributed by atoms with E-state index in [1.165, 1.54) is 18.3 Å². The molecule has 37 heavy (non-hydrogen) atoms. The first-order chi connectivity index (χ1) is 17.4. The summed E-state index contributed by atoms with van der Waals surface area (Å²) in [6.07, 6.45) is 4.89. The van der Waals surface area contributed by atoms with Crippen LogP contribution < -0.4 is 10.6 Å². The van der Waals surface area contributed by atoms with E-state index in [2.05, 4.69) is 25.6 Å². The topological polar surface area (TPSA) is 116 Å². The van der Waals surface area contributed by atoms with Gasteiger partial charge in [0.1, 0.15) is 17.3 Å². The molecule has 4 aromatic rings. The SMILES string of the molecule is CC(C)c1cnc(-c2ccc(F)cc2)nc1Nc1ccnc2[nH]cc(C(=O)C(=O)N3CCNCC3)c12.Cl. The van der Waals surface area contributed by atoms with E-state index in [4.69, 9.17) is 4.98 Å². The highest BCUT2D eigenvalue weighted by Gasteiger charge is 2.28. The number of H-pyrrole nitrogens is 1. The lowest BCUT2D eigenvalue weighted by Gasteiger charge is -2.26. The van der Waals surface area contributed by atoms with Crippen LogP contribution in [0.3, 0.4) is 0 Å².